The summed E-state index contributed by atoms with van der Waals surface area (Å²) < 4.78 is 10.4. The van der Waals surface area contributed by atoms with E-state index in [0.717, 1.165) is 4.88 Å². The third-order valence-electron chi connectivity index (χ3n) is 3.97. The molecule has 1 aromatic carbocycles. The number of nitrogens with zero attached hydrogens (tertiary/aromatic N) is 1. The maximum atomic E-state index is 12.4. The third kappa shape index (κ3) is 6.40. The largest absolute Gasteiger partial charge is 0.495 e. The van der Waals surface area contributed by atoms with Gasteiger partial charge in [0.25, 0.3) is 0 Å². The number of anilines is 1. The molecule has 0 spiro atoms. The second kappa shape index (κ2) is 10.9. The standard InChI is InChI=1S/C19H24ClN3O4S/c1-4-23(11-18(24)21-10-13-6-5-7-28-13)12-19(25)22-15-8-14(20)16(26-2)9-17(15)27-3/h5-9H,4,10-12H2,1-3H3,(H,21,24)(H,22,25). The lowest BCUT2D eigenvalue weighted by atomic mass is 10.2. The first-order chi connectivity index (χ1) is 13.5. The molecular formula is C19H24ClN3O4S. The van der Waals surface area contributed by atoms with Crippen LogP contribution in [-0.2, 0) is 16.1 Å². The summed E-state index contributed by atoms with van der Waals surface area (Å²) in [6.45, 7) is 3.14. The van der Waals surface area contributed by atoms with Crippen LogP contribution >= 0.6 is 22.9 Å². The Balaban J connectivity index is 1.91. The van der Waals surface area contributed by atoms with Gasteiger partial charge in [0.2, 0.25) is 11.8 Å². The van der Waals surface area contributed by atoms with Crippen molar-refractivity contribution in [3.63, 3.8) is 0 Å². The van der Waals surface area contributed by atoms with Gasteiger partial charge in [-0.3, -0.25) is 14.5 Å². The van der Waals surface area contributed by atoms with E-state index in [1.54, 1.807) is 28.4 Å². The highest BCUT2D eigenvalue weighted by atomic mass is 35.5. The smallest absolute Gasteiger partial charge is 0.238 e. The molecule has 0 saturated heterocycles. The van der Waals surface area contributed by atoms with E-state index in [-0.39, 0.29) is 24.9 Å². The minimum absolute atomic E-state index is 0.0652. The fourth-order valence-corrected chi connectivity index (χ4v) is 3.37. The average molecular weight is 426 g/mol. The molecule has 1 heterocycles. The lowest BCUT2D eigenvalue weighted by Crippen LogP contribution is -2.40. The number of likely N-dealkylation sites (N-methyl/N-ethyl adjacent to an activating group) is 1. The second-order valence-corrected chi connectivity index (χ2v) is 7.33. The molecule has 0 atom stereocenters. The van der Waals surface area contributed by atoms with Crippen molar-refractivity contribution in [1.82, 2.24) is 10.2 Å². The van der Waals surface area contributed by atoms with Crippen molar-refractivity contribution in [2.24, 2.45) is 0 Å². The number of ether oxygens (including phenoxy) is 2. The van der Waals surface area contributed by atoms with Crippen molar-refractivity contribution in [3.8, 4) is 11.5 Å². The van der Waals surface area contributed by atoms with Crippen LogP contribution in [0, 0.1) is 0 Å². The summed E-state index contributed by atoms with van der Waals surface area (Å²) >= 11 is 7.71. The zero-order valence-electron chi connectivity index (χ0n) is 16.1. The predicted octanol–water partition coefficient (Wildman–Crippen LogP) is 3.00. The van der Waals surface area contributed by atoms with Crippen LogP contribution in [0.2, 0.25) is 5.02 Å². The summed E-state index contributed by atoms with van der Waals surface area (Å²) in [7, 11) is 3.00. The number of carbonyl (C=O) groups excluding carboxylic acids is 2. The first-order valence-electron chi connectivity index (χ1n) is 8.69. The summed E-state index contributed by atoms with van der Waals surface area (Å²) in [4.78, 5) is 27.4. The number of carbonyl (C=O) groups is 2. The number of hydrogen-bond acceptors (Lipinski definition) is 6. The van der Waals surface area contributed by atoms with Crippen LogP contribution < -0.4 is 20.1 Å². The Morgan fingerprint density at radius 1 is 1.14 bits per heavy atom. The van der Waals surface area contributed by atoms with E-state index in [2.05, 4.69) is 10.6 Å². The van der Waals surface area contributed by atoms with Crippen molar-refractivity contribution in [2.75, 3.05) is 39.2 Å². The first kappa shape index (κ1) is 22.0. The van der Waals surface area contributed by atoms with E-state index in [1.807, 2.05) is 24.4 Å². The number of halogens is 1. The van der Waals surface area contributed by atoms with Gasteiger partial charge in [-0.05, 0) is 24.1 Å². The molecule has 2 N–H and O–H groups in total. The fraction of sp³-hybridized carbons (Fsp3) is 0.368. The van der Waals surface area contributed by atoms with Crippen LogP contribution in [0.25, 0.3) is 0 Å². The highest BCUT2D eigenvalue weighted by Crippen LogP contribution is 2.35. The van der Waals surface area contributed by atoms with Crippen molar-refractivity contribution in [3.05, 3.63) is 39.5 Å². The Morgan fingerprint density at radius 2 is 1.86 bits per heavy atom. The molecule has 2 amide bonds. The number of benzene rings is 1. The zero-order valence-corrected chi connectivity index (χ0v) is 17.7. The van der Waals surface area contributed by atoms with E-state index < -0.39 is 0 Å². The molecule has 152 valence electrons. The van der Waals surface area contributed by atoms with Gasteiger partial charge in [-0.2, -0.15) is 0 Å². The van der Waals surface area contributed by atoms with Gasteiger partial charge in [0, 0.05) is 10.9 Å². The zero-order chi connectivity index (χ0) is 20.5. The molecule has 0 radical (unpaired) electrons. The number of methoxy groups -OCH3 is 2. The predicted molar refractivity (Wildman–Crippen MR) is 111 cm³/mol. The molecule has 0 fully saturated rings. The minimum Gasteiger partial charge on any atom is -0.495 e. The van der Waals surface area contributed by atoms with Crippen LogP contribution in [0.1, 0.15) is 11.8 Å². The molecule has 2 aromatic rings. The number of thiophene rings is 1. The van der Waals surface area contributed by atoms with Gasteiger partial charge in [0.05, 0.1) is 44.6 Å². The molecule has 2 rings (SSSR count). The van der Waals surface area contributed by atoms with Crippen molar-refractivity contribution in [2.45, 2.75) is 13.5 Å². The third-order valence-corrected chi connectivity index (χ3v) is 5.14. The molecule has 9 heteroatoms. The van der Waals surface area contributed by atoms with Gasteiger partial charge in [-0.15, -0.1) is 11.3 Å². The number of amides is 2. The van der Waals surface area contributed by atoms with Gasteiger partial charge in [-0.25, -0.2) is 0 Å². The van der Waals surface area contributed by atoms with E-state index >= 15 is 0 Å². The van der Waals surface area contributed by atoms with Crippen LogP contribution in [0.5, 0.6) is 11.5 Å². The van der Waals surface area contributed by atoms with Crippen LogP contribution in [0.4, 0.5) is 5.69 Å². The Hall–Kier alpha value is -2.29. The number of nitrogens with one attached hydrogen (secondary N) is 2. The number of rotatable bonds is 10. The molecule has 7 nitrogen and oxygen atoms in total. The Bertz CT molecular complexity index is 799. The van der Waals surface area contributed by atoms with Gasteiger partial charge in [0.1, 0.15) is 11.5 Å². The summed E-state index contributed by atoms with van der Waals surface area (Å²) in [5.41, 5.74) is 0.441. The maximum Gasteiger partial charge on any atom is 0.238 e. The highest BCUT2D eigenvalue weighted by Gasteiger charge is 2.16. The lowest BCUT2D eigenvalue weighted by molar-refractivity contribution is -0.123. The van der Waals surface area contributed by atoms with Crippen LogP contribution in [0.3, 0.4) is 0 Å². The second-order valence-electron chi connectivity index (χ2n) is 5.89. The topological polar surface area (TPSA) is 79.9 Å². The molecule has 0 aliphatic carbocycles. The molecule has 0 bridgehead atoms. The molecule has 0 saturated carbocycles. The SMILES string of the molecule is CCN(CC(=O)NCc1cccs1)CC(=O)Nc1cc(Cl)c(OC)cc1OC. The maximum absolute atomic E-state index is 12.4. The normalized spacial score (nSPS) is 10.6. The Morgan fingerprint density at radius 3 is 2.46 bits per heavy atom. The van der Waals surface area contributed by atoms with Gasteiger partial charge in [-0.1, -0.05) is 24.6 Å². The van der Waals surface area contributed by atoms with Gasteiger partial charge in [0.15, 0.2) is 0 Å². The van der Waals surface area contributed by atoms with Gasteiger partial charge < -0.3 is 20.1 Å². The van der Waals surface area contributed by atoms with Crippen molar-refractivity contribution in [1.29, 1.82) is 0 Å². The molecule has 1 aromatic heterocycles. The van der Waals surface area contributed by atoms with Crippen molar-refractivity contribution >= 4 is 40.4 Å². The molecule has 0 aliphatic heterocycles. The van der Waals surface area contributed by atoms with Gasteiger partial charge >= 0.3 is 0 Å². The van der Waals surface area contributed by atoms with Crippen LogP contribution in [0.15, 0.2) is 29.6 Å². The molecule has 28 heavy (non-hydrogen) atoms. The highest BCUT2D eigenvalue weighted by molar-refractivity contribution is 7.09. The minimum atomic E-state index is -0.271. The van der Waals surface area contributed by atoms with E-state index in [1.165, 1.54) is 14.2 Å². The van der Waals surface area contributed by atoms with E-state index in [4.69, 9.17) is 21.1 Å². The van der Waals surface area contributed by atoms with Crippen LogP contribution in [-0.4, -0.2) is 50.6 Å². The summed E-state index contributed by atoms with van der Waals surface area (Å²) in [6.07, 6.45) is 0. The van der Waals surface area contributed by atoms with E-state index in [0.29, 0.717) is 35.3 Å². The fourth-order valence-electron chi connectivity index (χ4n) is 2.49. The Labute approximate surface area is 173 Å². The first-order valence-corrected chi connectivity index (χ1v) is 9.95. The molecule has 0 unspecified atom stereocenters. The molecular weight excluding hydrogens is 402 g/mol. The number of hydrogen-bond donors (Lipinski definition) is 2. The summed E-state index contributed by atoms with van der Waals surface area (Å²) in [5.74, 6) is 0.487. The Kier molecular flexibility index (Phi) is 8.56. The summed E-state index contributed by atoms with van der Waals surface area (Å²) in [5, 5.41) is 7.95. The lowest BCUT2D eigenvalue weighted by Gasteiger charge is -2.20. The quantitative estimate of drug-likeness (QED) is 0.611. The van der Waals surface area contributed by atoms with E-state index in [9.17, 15) is 9.59 Å². The summed E-state index contributed by atoms with van der Waals surface area (Å²) in [6, 6.07) is 7.08. The van der Waals surface area contributed by atoms with Crippen molar-refractivity contribution < 1.29 is 19.1 Å². The molecule has 0 aliphatic rings. The average Bonchev–Trinajstić information content (AvgIpc) is 3.19. The monoisotopic (exact) mass is 425 g/mol.